The van der Waals surface area contributed by atoms with Crippen LogP contribution in [0.2, 0.25) is 0 Å². The highest BCUT2D eigenvalue weighted by Crippen LogP contribution is 2.25. The Balaban J connectivity index is 4.15. The second kappa shape index (κ2) is 6.76. The Hall–Kier alpha value is -1.06. The van der Waals surface area contributed by atoms with Crippen LogP contribution in [0.15, 0.2) is 0 Å². The molecule has 0 aromatic rings. The van der Waals surface area contributed by atoms with Gasteiger partial charge >= 0.3 is 5.97 Å². The summed E-state index contributed by atoms with van der Waals surface area (Å²) in [6, 6.07) is -0.336. The smallest absolute Gasteiger partial charge is 0.308 e. The number of rotatable bonds is 6. The summed E-state index contributed by atoms with van der Waals surface area (Å²) in [6.45, 7) is 11.8. The van der Waals surface area contributed by atoms with Crippen molar-refractivity contribution >= 4 is 11.9 Å². The van der Waals surface area contributed by atoms with Gasteiger partial charge in [0.15, 0.2) is 0 Å². The van der Waals surface area contributed by atoms with E-state index in [1.807, 2.05) is 0 Å². The molecule has 0 aliphatic carbocycles. The summed E-state index contributed by atoms with van der Waals surface area (Å²) in [6.07, 6.45) is 1.43. The van der Waals surface area contributed by atoms with E-state index >= 15 is 0 Å². The van der Waals surface area contributed by atoms with Crippen LogP contribution in [-0.4, -0.2) is 23.0 Å². The van der Waals surface area contributed by atoms with Crippen LogP contribution in [0, 0.1) is 17.3 Å². The van der Waals surface area contributed by atoms with Gasteiger partial charge in [0, 0.05) is 12.5 Å². The van der Waals surface area contributed by atoms with Crippen LogP contribution in [0.25, 0.3) is 0 Å². The van der Waals surface area contributed by atoms with E-state index in [-0.39, 0.29) is 17.4 Å². The van der Waals surface area contributed by atoms with Crippen molar-refractivity contribution < 1.29 is 14.7 Å². The molecule has 0 rings (SSSR count). The molecule has 0 aliphatic heterocycles. The number of carboxylic acids is 1. The Morgan fingerprint density at radius 3 is 2.06 bits per heavy atom. The van der Waals surface area contributed by atoms with Crippen LogP contribution in [0.5, 0.6) is 0 Å². The summed E-state index contributed by atoms with van der Waals surface area (Å²) in [5.41, 5.74) is 0.208. The molecule has 4 heteroatoms. The minimum Gasteiger partial charge on any atom is -0.481 e. The normalized spacial score (nSPS) is 16.8. The number of amides is 1. The Morgan fingerprint density at radius 2 is 1.67 bits per heavy atom. The minimum atomic E-state index is -0.884. The predicted molar refractivity (Wildman–Crippen MR) is 72.3 cm³/mol. The van der Waals surface area contributed by atoms with Gasteiger partial charge in [0.25, 0.3) is 0 Å². The van der Waals surface area contributed by atoms with Crippen molar-refractivity contribution in [2.24, 2.45) is 17.3 Å². The summed E-state index contributed by atoms with van der Waals surface area (Å²) in [5, 5.41) is 11.6. The van der Waals surface area contributed by atoms with Gasteiger partial charge in [-0.2, -0.15) is 0 Å². The van der Waals surface area contributed by atoms with Gasteiger partial charge in [0.05, 0.1) is 5.92 Å². The lowest BCUT2D eigenvalue weighted by Crippen LogP contribution is -2.40. The third kappa shape index (κ3) is 7.30. The molecule has 0 bridgehead atoms. The van der Waals surface area contributed by atoms with E-state index in [0.29, 0.717) is 12.3 Å². The van der Waals surface area contributed by atoms with Gasteiger partial charge in [-0.3, -0.25) is 9.59 Å². The Labute approximate surface area is 110 Å². The highest BCUT2D eigenvalue weighted by atomic mass is 16.4. The van der Waals surface area contributed by atoms with Crippen molar-refractivity contribution in [2.75, 3.05) is 0 Å². The van der Waals surface area contributed by atoms with E-state index in [0.717, 1.165) is 6.42 Å². The Bertz CT molecular complexity index is 294. The van der Waals surface area contributed by atoms with Gasteiger partial charge < -0.3 is 10.4 Å². The van der Waals surface area contributed by atoms with Crippen LogP contribution >= 0.6 is 0 Å². The Kier molecular flexibility index (Phi) is 6.36. The summed E-state index contributed by atoms with van der Waals surface area (Å²) in [7, 11) is 0. The molecule has 0 heterocycles. The fourth-order valence-electron chi connectivity index (χ4n) is 2.09. The van der Waals surface area contributed by atoms with Crippen LogP contribution < -0.4 is 5.32 Å². The molecule has 0 saturated carbocycles. The number of aliphatic carboxylic acids is 1. The van der Waals surface area contributed by atoms with Crippen molar-refractivity contribution in [2.45, 2.75) is 60.4 Å². The van der Waals surface area contributed by atoms with E-state index in [4.69, 9.17) is 5.11 Å². The SMILES string of the molecule is CC(CC(=O)NC(C)C(C)C(=O)O)CC(C)(C)C. The fraction of sp³-hybridized carbons (Fsp3) is 0.857. The molecule has 18 heavy (non-hydrogen) atoms. The maximum Gasteiger partial charge on any atom is 0.308 e. The standard InChI is InChI=1S/C14H27NO3/c1-9(8-14(4,5)6)7-12(16)15-11(3)10(2)13(17)18/h9-11H,7-8H2,1-6H3,(H,15,16)(H,17,18). The first-order valence-corrected chi connectivity index (χ1v) is 6.55. The van der Waals surface area contributed by atoms with Gasteiger partial charge in [-0.1, -0.05) is 27.7 Å². The van der Waals surface area contributed by atoms with E-state index in [1.54, 1.807) is 13.8 Å². The zero-order chi connectivity index (χ0) is 14.5. The summed E-state index contributed by atoms with van der Waals surface area (Å²) in [4.78, 5) is 22.6. The van der Waals surface area contributed by atoms with Crippen LogP contribution in [0.1, 0.15) is 54.4 Å². The molecule has 0 aromatic heterocycles. The van der Waals surface area contributed by atoms with E-state index < -0.39 is 11.9 Å². The molecule has 2 N–H and O–H groups in total. The predicted octanol–water partition coefficient (Wildman–Crippen LogP) is 2.67. The molecule has 0 spiro atoms. The average Bonchev–Trinajstić information content (AvgIpc) is 2.12. The molecule has 3 unspecified atom stereocenters. The molecular weight excluding hydrogens is 230 g/mol. The molecule has 3 atom stereocenters. The van der Waals surface area contributed by atoms with Crippen LogP contribution in [-0.2, 0) is 9.59 Å². The number of hydrogen-bond acceptors (Lipinski definition) is 2. The summed E-state index contributed by atoms with van der Waals surface area (Å²) < 4.78 is 0. The molecule has 0 fully saturated rings. The third-order valence-electron chi connectivity index (χ3n) is 3.02. The molecule has 4 nitrogen and oxygen atoms in total. The zero-order valence-corrected chi connectivity index (χ0v) is 12.4. The minimum absolute atomic E-state index is 0.0626. The lowest BCUT2D eigenvalue weighted by atomic mass is 9.84. The molecule has 0 saturated heterocycles. The number of carbonyl (C=O) groups is 2. The lowest BCUT2D eigenvalue weighted by Gasteiger charge is -2.24. The maximum atomic E-state index is 11.8. The van der Waals surface area contributed by atoms with Crippen LogP contribution in [0.3, 0.4) is 0 Å². The fourth-order valence-corrected chi connectivity index (χ4v) is 2.09. The molecular formula is C14H27NO3. The lowest BCUT2D eigenvalue weighted by molar-refractivity contribution is -0.142. The number of nitrogens with one attached hydrogen (secondary N) is 1. The number of carboxylic acid groups (broad SMARTS) is 1. The van der Waals surface area contributed by atoms with E-state index in [9.17, 15) is 9.59 Å². The third-order valence-corrected chi connectivity index (χ3v) is 3.02. The van der Waals surface area contributed by atoms with Crippen molar-refractivity contribution in [3.05, 3.63) is 0 Å². The van der Waals surface area contributed by atoms with Gasteiger partial charge in [0.1, 0.15) is 0 Å². The second-order valence-corrected chi connectivity index (χ2v) is 6.56. The molecule has 1 amide bonds. The van der Waals surface area contributed by atoms with Gasteiger partial charge in [-0.25, -0.2) is 0 Å². The first kappa shape index (κ1) is 16.9. The molecule has 0 aromatic carbocycles. The molecule has 0 aliphatic rings. The van der Waals surface area contributed by atoms with E-state index in [1.165, 1.54) is 0 Å². The highest BCUT2D eigenvalue weighted by Gasteiger charge is 2.22. The molecule has 106 valence electrons. The quantitative estimate of drug-likeness (QED) is 0.768. The molecule has 0 radical (unpaired) electrons. The zero-order valence-electron chi connectivity index (χ0n) is 12.4. The summed E-state index contributed by atoms with van der Waals surface area (Å²) in [5.74, 6) is -1.21. The van der Waals surface area contributed by atoms with Crippen LogP contribution in [0.4, 0.5) is 0 Å². The van der Waals surface area contributed by atoms with Gasteiger partial charge in [0.2, 0.25) is 5.91 Å². The largest absolute Gasteiger partial charge is 0.481 e. The monoisotopic (exact) mass is 257 g/mol. The van der Waals surface area contributed by atoms with E-state index in [2.05, 4.69) is 33.0 Å². The maximum absolute atomic E-state index is 11.8. The highest BCUT2D eigenvalue weighted by molar-refractivity contribution is 5.78. The number of carbonyl (C=O) groups excluding carboxylic acids is 1. The van der Waals surface area contributed by atoms with Crippen molar-refractivity contribution in [3.8, 4) is 0 Å². The Morgan fingerprint density at radius 1 is 1.17 bits per heavy atom. The number of hydrogen-bond donors (Lipinski definition) is 2. The topological polar surface area (TPSA) is 66.4 Å². The van der Waals surface area contributed by atoms with Crippen molar-refractivity contribution in [3.63, 3.8) is 0 Å². The van der Waals surface area contributed by atoms with Gasteiger partial charge in [-0.05, 0) is 31.6 Å². The first-order valence-electron chi connectivity index (χ1n) is 6.55. The van der Waals surface area contributed by atoms with Crippen molar-refractivity contribution in [1.29, 1.82) is 0 Å². The van der Waals surface area contributed by atoms with Gasteiger partial charge in [-0.15, -0.1) is 0 Å². The van der Waals surface area contributed by atoms with Crippen molar-refractivity contribution in [1.82, 2.24) is 5.32 Å². The summed E-state index contributed by atoms with van der Waals surface area (Å²) >= 11 is 0. The average molecular weight is 257 g/mol. The first-order chi connectivity index (χ1) is 8.03. The second-order valence-electron chi connectivity index (χ2n) is 6.56.